The molecule has 0 aliphatic rings. The van der Waals surface area contributed by atoms with Crippen molar-refractivity contribution in [1.29, 1.82) is 0 Å². The van der Waals surface area contributed by atoms with Crippen LogP contribution in [-0.2, 0) is 0 Å². The van der Waals surface area contributed by atoms with Crippen molar-refractivity contribution >= 4 is 23.0 Å². The summed E-state index contributed by atoms with van der Waals surface area (Å²) in [4.78, 5) is 12.5. The van der Waals surface area contributed by atoms with Gasteiger partial charge in [0.2, 0.25) is 0 Å². The number of hydrogen-bond donors (Lipinski definition) is 1. The molecule has 1 N–H and O–H groups in total. The van der Waals surface area contributed by atoms with E-state index in [0.29, 0.717) is 6.04 Å². The Morgan fingerprint density at radius 1 is 1.47 bits per heavy atom. The summed E-state index contributed by atoms with van der Waals surface area (Å²) >= 11 is 5.90. The van der Waals surface area contributed by atoms with E-state index >= 15 is 0 Å². The Balaban J connectivity index is 2.70. The Morgan fingerprint density at radius 2 is 2.11 bits per heavy atom. The first kappa shape index (κ1) is 15.7. The number of rotatable bonds is 6. The molecule has 0 aliphatic carbocycles. The number of nitro benzene ring substituents is 1. The molecule has 6 heteroatoms. The van der Waals surface area contributed by atoms with Crippen molar-refractivity contribution in [3.05, 3.63) is 32.8 Å². The van der Waals surface area contributed by atoms with Gasteiger partial charge in [-0.05, 0) is 39.4 Å². The second-order valence-electron chi connectivity index (χ2n) is 4.88. The summed E-state index contributed by atoms with van der Waals surface area (Å²) in [6, 6.07) is 3.60. The van der Waals surface area contributed by atoms with Crippen molar-refractivity contribution in [3.63, 3.8) is 0 Å². The topological polar surface area (TPSA) is 58.4 Å². The summed E-state index contributed by atoms with van der Waals surface area (Å²) in [6.45, 7) is 7.76. The van der Waals surface area contributed by atoms with Gasteiger partial charge in [0.05, 0.1) is 4.92 Å². The maximum absolute atomic E-state index is 10.8. The monoisotopic (exact) mass is 285 g/mol. The highest BCUT2D eigenvalue weighted by Gasteiger charge is 2.14. The van der Waals surface area contributed by atoms with Gasteiger partial charge in [0, 0.05) is 30.9 Å². The first-order valence-electron chi connectivity index (χ1n) is 6.21. The third kappa shape index (κ3) is 4.36. The van der Waals surface area contributed by atoms with Gasteiger partial charge in [-0.15, -0.1) is 0 Å². The fourth-order valence-corrected chi connectivity index (χ4v) is 1.85. The standard InChI is InChI=1S/C13H20ClN3O2/c1-9(2)16(4)6-5-15-12-8-11(14)13(17(18)19)7-10(12)3/h7-9,15H,5-6H2,1-4H3. The van der Waals surface area contributed by atoms with Gasteiger partial charge in [0.1, 0.15) is 5.02 Å². The van der Waals surface area contributed by atoms with Crippen LogP contribution in [-0.4, -0.2) is 36.0 Å². The molecule has 106 valence electrons. The molecule has 1 aromatic carbocycles. The normalized spacial score (nSPS) is 11.1. The van der Waals surface area contributed by atoms with Crippen LogP contribution in [0.15, 0.2) is 12.1 Å². The summed E-state index contributed by atoms with van der Waals surface area (Å²) < 4.78 is 0. The first-order chi connectivity index (χ1) is 8.82. The molecule has 19 heavy (non-hydrogen) atoms. The number of hydrogen-bond acceptors (Lipinski definition) is 4. The lowest BCUT2D eigenvalue weighted by atomic mass is 10.1. The molecule has 0 aliphatic heterocycles. The fraction of sp³-hybridized carbons (Fsp3) is 0.538. The molecule has 0 heterocycles. The second kappa shape index (κ2) is 6.73. The molecule has 0 radical (unpaired) electrons. The van der Waals surface area contributed by atoms with Crippen molar-refractivity contribution in [2.75, 3.05) is 25.5 Å². The molecule has 0 saturated heterocycles. The van der Waals surface area contributed by atoms with Gasteiger partial charge < -0.3 is 10.2 Å². The number of halogens is 1. The van der Waals surface area contributed by atoms with E-state index in [1.54, 1.807) is 6.07 Å². The van der Waals surface area contributed by atoms with Crippen molar-refractivity contribution in [2.24, 2.45) is 0 Å². The zero-order chi connectivity index (χ0) is 14.6. The molecule has 5 nitrogen and oxygen atoms in total. The smallest absolute Gasteiger partial charge is 0.288 e. The molecule has 1 aromatic rings. The van der Waals surface area contributed by atoms with Crippen molar-refractivity contribution < 1.29 is 4.92 Å². The predicted octanol–water partition coefficient (Wildman–Crippen LogP) is 3.31. The summed E-state index contributed by atoms with van der Waals surface area (Å²) in [5.74, 6) is 0. The fourth-order valence-electron chi connectivity index (χ4n) is 1.62. The maximum atomic E-state index is 10.8. The summed E-state index contributed by atoms with van der Waals surface area (Å²) in [5, 5.41) is 14.2. The highest BCUT2D eigenvalue weighted by atomic mass is 35.5. The van der Waals surface area contributed by atoms with E-state index in [0.717, 1.165) is 24.3 Å². The lowest BCUT2D eigenvalue weighted by Gasteiger charge is -2.21. The molecule has 0 fully saturated rings. The number of nitrogens with one attached hydrogen (secondary N) is 1. The Hall–Kier alpha value is -1.33. The van der Waals surface area contributed by atoms with E-state index in [-0.39, 0.29) is 10.7 Å². The number of nitrogens with zero attached hydrogens (tertiary/aromatic N) is 2. The van der Waals surface area contributed by atoms with Gasteiger partial charge in [-0.25, -0.2) is 0 Å². The van der Waals surface area contributed by atoms with Crippen LogP contribution < -0.4 is 5.32 Å². The van der Waals surface area contributed by atoms with Crippen LogP contribution in [0.1, 0.15) is 19.4 Å². The summed E-state index contributed by atoms with van der Waals surface area (Å²) in [6.07, 6.45) is 0. The van der Waals surface area contributed by atoms with Crippen LogP contribution in [0, 0.1) is 17.0 Å². The number of anilines is 1. The van der Waals surface area contributed by atoms with E-state index in [9.17, 15) is 10.1 Å². The quantitative estimate of drug-likeness (QED) is 0.643. The molecular formula is C13H20ClN3O2. The summed E-state index contributed by atoms with van der Waals surface area (Å²) in [5.41, 5.74) is 1.61. The van der Waals surface area contributed by atoms with Crippen molar-refractivity contribution in [1.82, 2.24) is 4.90 Å². The van der Waals surface area contributed by atoms with Crippen LogP contribution in [0.25, 0.3) is 0 Å². The first-order valence-corrected chi connectivity index (χ1v) is 6.59. The number of benzene rings is 1. The van der Waals surface area contributed by atoms with Crippen molar-refractivity contribution in [2.45, 2.75) is 26.8 Å². The van der Waals surface area contributed by atoms with E-state index in [1.807, 2.05) is 6.92 Å². The number of likely N-dealkylation sites (N-methyl/N-ethyl adjacent to an activating group) is 1. The van der Waals surface area contributed by atoms with E-state index in [1.165, 1.54) is 6.07 Å². The lowest BCUT2D eigenvalue weighted by molar-refractivity contribution is -0.384. The second-order valence-corrected chi connectivity index (χ2v) is 5.28. The minimum absolute atomic E-state index is 0.0518. The minimum Gasteiger partial charge on any atom is -0.383 e. The molecule has 0 spiro atoms. The van der Waals surface area contributed by atoms with E-state index in [2.05, 4.69) is 31.1 Å². The van der Waals surface area contributed by atoms with E-state index in [4.69, 9.17) is 11.6 Å². The largest absolute Gasteiger partial charge is 0.383 e. The van der Waals surface area contributed by atoms with Crippen LogP contribution >= 0.6 is 11.6 Å². The summed E-state index contributed by atoms with van der Waals surface area (Å²) in [7, 11) is 2.06. The maximum Gasteiger partial charge on any atom is 0.288 e. The Morgan fingerprint density at radius 3 is 2.63 bits per heavy atom. The van der Waals surface area contributed by atoms with Crippen molar-refractivity contribution in [3.8, 4) is 0 Å². The number of nitro groups is 1. The molecule has 0 unspecified atom stereocenters. The van der Waals surface area contributed by atoms with Crippen LogP contribution in [0.5, 0.6) is 0 Å². The lowest BCUT2D eigenvalue weighted by Crippen LogP contribution is -2.31. The van der Waals surface area contributed by atoms with Gasteiger partial charge in [-0.1, -0.05) is 11.6 Å². The van der Waals surface area contributed by atoms with Gasteiger partial charge in [0.15, 0.2) is 0 Å². The molecule has 0 atom stereocenters. The van der Waals surface area contributed by atoms with Gasteiger partial charge in [-0.3, -0.25) is 10.1 Å². The zero-order valence-electron chi connectivity index (χ0n) is 11.7. The average molecular weight is 286 g/mol. The molecule has 0 bridgehead atoms. The van der Waals surface area contributed by atoms with Crippen LogP contribution in [0.4, 0.5) is 11.4 Å². The minimum atomic E-state index is -0.467. The molecule has 0 aromatic heterocycles. The third-order valence-corrected chi connectivity index (χ3v) is 3.45. The SMILES string of the molecule is Cc1cc([N+](=O)[O-])c(Cl)cc1NCCN(C)C(C)C. The van der Waals surface area contributed by atoms with Gasteiger partial charge in [0.25, 0.3) is 5.69 Å². The Kier molecular flexibility index (Phi) is 5.57. The highest BCUT2D eigenvalue weighted by Crippen LogP contribution is 2.30. The molecule has 0 saturated carbocycles. The Bertz CT molecular complexity index is 463. The molecular weight excluding hydrogens is 266 g/mol. The molecule has 0 amide bonds. The van der Waals surface area contributed by atoms with Crippen LogP contribution in [0.3, 0.4) is 0 Å². The predicted molar refractivity (Wildman–Crippen MR) is 79.1 cm³/mol. The van der Waals surface area contributed by atoms with Gasteiger partial charge in [-0.2, -0.15) is 0 Å². The molecule has 1 rings (SSSR count). The number of aryl methyl sites for hydroxylation is 1. The van der Waals surface area contributed by atoms with Gasteiger partial charge >= 0.3 is 0 Å². The van der Waals surface area contributed by atoms with E-state index < -0.39 is 4.92 Å². The highest BCUT2D eigenvalue weighted by molar-refractivity contribution is 6.33. The van der Waals surface area contributed by atoms with Crippen LogP contribution in [0.2, 0.25) is 5.02 Å². The third-order valence-electron chi connectivity index (χ3n) is 3.15. The average Bonchev–Trinajstić information content (AvgIpc) is 2.32. The zero-order valence-corrected chi connectivity index (χ0v) is 12.5. The Labute approximate surface area is 118 Å².